The quantitative estimate of drug-likeness (QED) is 0.662. The monoisotopic (exact) mass is 404 g/mol. The van der Waals surface area contributed by atoms with Crippen LogP contribution in [0.25, 0.3) is 11.5 Å². The fraction of sp³-hybridized carbons (Fsp3) is 0.368. The van der Waals surface area contributed by atoms with Crippen LogP contribution in [0.2, 0.25) is 0 Å². The Labute approximate surface area is 166 Å². The lowest BCUT2D eigenvalue weighted by atomic mass is 10.0. The largest absolute Gasteiger partial charge is 0.497 e. The Morgan fingerprint density at radius 2 is 2.04 bits per heavy atom. The van der Waals surface area contributed by atoms with Gasteiger partial charge < -0.3 is 18.8 Å². The first-order valence-corrected chi connectivity index (χ1v) is 10.1. The van der Waals surface area contributed by atoms with Crippen LogP contribution in [0.4, 0.5) is 0 Å². The Kier molecular flexibility index (Phi) is 5.03. The van der Waals surface area contributed by atoms with Gasteiger partial charge in [-0.15, -0.1) is 16.4 Å². The summed E-state index contributed by atoms with van der Waals surface area (Å²) in [4.78, 5) is 3.31. The first kappa shape index (κ1) is 18.2. The summed E-state index contributed by atoms with van der Waals surface area (Å²) in [6, 6.07) is 8.19. The van der Waals surface area contributed by atoms with Gasteiger partial charge in [0.25, 0.3) is 4.84 Å². The van der Waals surface area contributed by atoms with Crippen molar-refractivity contribution in [3.05, 3.63) is 44.9 Å². The second-order valence-corrected chi connectivity index (χ2v) is 7.96. The Morgan fingerprint density at radius 1 is 1.30 bits per heavy atom. The Hall–Kier alpha value is -2.16. The van der Waals surface area contributed by atoms with Gasteiger partial charge in [-0.3, -0.25) is 0 Å². The van der Waals surface area contributed by atoms with E-state index in [0.717, 1.165) is 18.5 Å². The van der Waals surface area contributed by atoms with E-state index in [-0.39, 0.29) is 0 Å². The second kappa shape index (κ2) is 7.46. The van der Waals surface area contributed by atoms with Crippen molar-refractivity contribution in [3.8, 4) is 23.0 Å². The van der Waals surface area contributed by atoms with Crippen molar-refractivity contribution in [2.45, 2.75) is 26.1 Å². The molecule has 0 saturated heterocycles. The molecule has 1 aromatic carbocycles. The van der Waals surface area contributed by atoms with Crippen LogP contribution in [0.5, 0.6) is 11.5 Å². The van der Waals surface area contributed by atoms with Gasteiger partial charge in [0.1, 0.15) is 17.5 Å². The van der Waals surface area contributed by atoms with Crippen LogP contribution in [0.3, 0.4) is 0 Å². The summed E-state index contributed by atoms with van der Waals surface area (Å²) in [6.07, 6.45) is 1.10. The normalized spacial score (nSPS) is 18.9. The summed E-state index contributed by atoms with van der Waals surface area (Å²) in [7, 11) is 3.24. The average molecular weight is 405 g/mol. The molecular formula is C19H22N3O3S2+. The third kappa shape index (κ3) is 3.52. The number of fused-ring (bicyclic) bond motifs is 1. The molecule has 3 aromatic rings. The van der Waals surface area contributed by atoms with E-state index in [2.05, 4.69) is 23.5 Å². The fourth-order valence-corrected chi connectivity index (χ4v) is 4.68. The molecule has 1 unspecified atom stereocenters. The zero-order chi connectivity index (χ0) is 19.0. The molecule has 1 N–H and O–H groups in total. The lowest BCUT2D eigenvalue weighted by molar-refractivity contribution is -0.954. The number of aromatic nitrogens is 2. The second-order valence-electron chi connectivity index (χ2n) is 6.61. The fourth-order valence-electron chi connectivity index (χ4n) is 3.51. The Morgan fingerprint density at radius 3 is 2.74 bits per heavy atom. The SMILES string of the molecule is COc1cc(OC)cc(-c2nn(C[NH+]3CCc4sccc4[C@@H]3C)c(=S)o2)c1. The molecule has 0 aliphatic carbocycles. The number of nitrogens with zero attached hydrogens (tertiary/aromatic N) is 2. The van der Waals surface area contributed by atoms with Crippen LogP contribution in [-0.4, -0.2) is 30.5 Å². The van der Waals surface area contributed by atoms with Gasteiger partial charge in [0.05, 0.1) is 20.8 Å². The molecule has 0 amide bonds. The maximum atomic E-state index is 5.78. The highest BCUT2D eigenvalue weighted by atomic mass is 32.1. The zero-order valence-corrected chi connectivity index (χ0v) is 17.2. The summed E-state index contributed by atoms with van der Waals surface area (Å²) < 4.78 is 18.2. The van der Waals surface area contributed by atoms with Gasteiger partial charge in [0.15, 0.2) is 6.67 Å². The van der Waals surface area contributed by atoms with Gasteiger partial charge >= 0.3 is 0 Å². The van der Waals surface area contributed by atoms with Crippen LogP contribution in [0.1, 0.15) is 23.4 Å². The molecule has 6 nitrogen and oxygen atoms in total. The number of hydrogen-bond donors (Lipinski definition) is 1. The molecule has 0 spiro atoms. The van der Waals surface area contributed by atoms with Gasteiger partial charge in [-0.1, -0.05) is 0 Å². The molecule has 0 radical (unpaired) electrons. The molecule has 0 bridgehead atoms. The molecule has 27 heavy (non-hydrogen) atoms. The maximum Gasteiger partial charge on any atom is 0.292 e. The molecular weight excluding hydrogens is 382 g/mol. The van der Waals surface area contributed by atoms with Crippen molar-refractivity contribution in [1.82, 2.24) is 9.78 Å². The first-order chi connectivity index (χ1) is 13.1. The smallest absolute Gasteiger partial charge is 0.292 e. The zero-order valence-electron chi connectivity index (χ0n) is 15.5. The van der Waals surface area contributed by atoms with Crippen molar-refractivity contribution in [2.24, 2.45) is 0 Å². The molecule has 2 aromatic heterocycles. The third-order valence-electron chi connectivity index (χ3n) is 5.09. The molecule has 1 aliphatic heterocycles. The van der Waals surface area contributed by atoms with E-state index in [1.165, 1.54) is 15.3 Å². The minimum absolute atomic E-state index is 0.377. The van der Waals surface area contributed by atoms with Gasteiger partial charge in [0, 0.05) is 28.5 Å². The molecule has 4 rings (SSSR count). The van der Waals surface area contributed by atoms with E-state index in [1.807, 2.05) is 29.5 Å². The number of thiophene rings is 1. The topological polar surface area (TPSA) is 53.9 Å². The van der Waals surface area contributed by atoms with Gasteiger partial charge in [0.2, 0.25) is 5.89 Å². The molecule has 3 heterocycles. The standard InChI is InChI=1S/C19H21N3O3S2/c1-12-16-5-7-27-17(16)4-6-21(12)11-22-19(26)25-18(20-22)13-8-14(23-2)10-15(9-13)24-3/h5,7-10,12H,4,6,11H2,1-3H3/p+1/t12-/m0/s1. The van der Waals surface area contributed by atoms with Crippen LogP contribution < -0.4 is 14.4 Å². The van der Waals surface area contributed by atoms with E-state index in [1.54, 1.807) is 18.9 Å². The maximum absolute atomic E-state index is 5.78. The molecule has 142 valence electrons. The number of ether oxygens (including phenoxy) is 2. The van der Waals surface area contributed by atoms with Crippen molar-refractivity contribution in [3.63, 3.8) is 0 Å². The molecule has 1 aliphatic rings. The van der Waals surface area contributed by atoms with Crippen molar-refractivity contribution >= 4 is 23.6 Å². The molecule has 0 saturated carbocycles. The predicted molar refractivity (Wildman–Crippen MR) is 106 cm³/mol. The highest BCUT2D eigenvalue weighted by Crippen LogP contribution is 2.29. The van der Waals surface area contributed by atoms with Crippen LogP contribution in [0.15, 0.2) is 34.1 Å². The van der Waals surface area contributed by atoms with Crippen LogP contribution in [0, 0.1) is 4.84 Å². The molecule has 0 fully saturated rings. The summed E-state index contributed by atoms with van der Waals surface area (Å²) >= 11 is 7.27. The third-order valence-corrected chi connectivity index (χ3v) is 6.38. The van der Waals surface area contributed by atoms with E-state index >= 15 is 0 Å². The lowest BCUT2D eigenvalue weighted by Gasteiger charge is -2.29. The van der Waals surface area contributed by atoms with Gasteiger partial charge in [-0.25, -0.2) is 0 Å². The number of methoxy groups -OCH3 is 2. The van der Waals surface area contributed by atoms with Crippen molar-refractivity contribution in [2.75, 3.05) is 20.8 Å². The number of nitrogens with one attached hydrogen (secondary N) is 1. The van der Waals surface area contributed by atoms with Crippen LogP contribution in [-0.2, 0) is 13.1 Å². The number of rotatable bonds is 5. The van der Waals surface area contributed by atoms with E-state index in [4.69, 9.17) is 26.1 Å². The highest BCUT2D eigenvalue weighted by Gasteiger charge is 2.29. The highest BCUT2D eigenvalue weighted by molar-refractivity contribution is 7.71. The van der Waals surface area contributed by atoms with Gasteiger partial charge in [-0.05, 0) is 42.7 Å². The van der Waals surface area contributed by atoms with Crippen molar-refractivity contribution in [1.29, 1.82) is 0 Å². The summed E-state index contributed by atoms with van der Waals surface area (Å²) in [5.74, 6) is 1.83. The average Bonchev–Trinajstić information content (AvgIpc) is 3.31. The summed E-state index contributed by atoms with van der Waals surface area (Å²) in [6.45, 7) is 4.00. The first-order valence-electron chi connectivity index (χ1n) is 8.81. The predicted octanol–water partition coefficient (Wildman–Crippen LogP) is 3.11. The Balaban J connectivity index is 1.60. The van der Waals surface area contributed by atoms with Gasteiger partial charge in [-0.2, -0.15) is 4.68 Å². The van der Waals surface area contributed by atoms with Crippen molar-refractivity contribution < 1.29 is 18.8 Å². The van der Waals surface area contributed by atoms with E-state index < -0.39 is 0 Å². The number of quaternary nitrogens is 1. The number of benzene rings is 1. The van der Waals surface area contributed by atoms with E-state index in [0.29, 0.717) is 34.9 Å². The van der Waals surface area contributed by atoms with Crippen LogP contribution >= 0.6 is 23.6 Å². The summed E-state index contributed by atoms with van der Waals surface area (Å²) in [5.41, 5.74) is 2.21. The minimum Gasteiger partial charge on any atom is -0.497 e. The molecule has 8 heteroatoms. The Bertz CT molecular complexity index is 986. The van der Waals surface area contributed by atoms with E-state index in [9.17, 15) is 0 Å². The summed E-state index contributed by atoms with van der Waals surface area (Å²) in [5, 5.41) is 6.80. The molecule has 2 atom stereocenters. The minimum atomic E-state index is 0.377. The lowest BCUT2D eigenvalue weighted by Crippen LogP contribution is -3.12. The number of hydrogen-bond acceptors (Lipinski definition) is 6.